The van der Waals surface area contributed by atoms with Crippen molar-refractivity contribution in [2.75, 3.05) is 27.2 Å². The number of fused-ring (bicyclic) bond motifs is 2. The third kappa shape index (κ3) is 3.58. The molecule has 2 bridgehead atoms. The Bertz CT molecular complexity index is 376. The van der Waals surface area contributed by atoms with Crippen LogP contribution in [0.3, 0.4) is 0 Å². The zero-order valence-corrected chi connectivity index (χ0v) is 13.3. The van der Waals surface area contributed by atoms with Gasteiger partial charge in [0.1, 0.15) is 0 Å². The molecule has 21 heavy (non-hydrogen) atoms. The summed E-state index contributed by atoms with van der Waals surface area (Å²) in [7, 11) is 4.05. The maximum atomic E-state index is 12.7. The van der Waals surface area contributed by atoms with Crippen LogP contribution in [0.15, 0.2) is 0 Å². The van der Waals surface area contributed by atoms with Gasteiger partial charge in [0.15, 0.2) is 0 Å². The Kier molecular flexibility index (Phi) is 4.52. The summed E-state index contributed by atoms with van der Waals surface area (Å²) in [6.45, 7) is 1.37. The molecule has 5 nitrogen and oxygen atoms in total. The number of hydrogen-bond acceptors (Lipinski definition) is 4. The van der Waals surface area contributed by atoms with Crippen molar-refractivity contribution in [3.8, 4) is 0 Å². The van der Waals surface area contributed by atoms with E-state index in [4.69, 9.17) is 0 Å². The smallest absolute Gasteiger partial charge is 0.223 e. The van der Waals surface area contributed by atoms with Crippen LogP contribution in [-0.2, 0) is 4.79 Å². The molecule has 0 saturated carbocycles. The molecule has 3 aliphatic heterocycles. The molecule has 5 heteroatoms. The van der Waals surface area contributed by atoms with Crippen molar-refractivity contribution < 1.29 is 9.90 Å². The van der Waals surface area contributed by atoms with Crippen molar-refractivity contribution in [1.29, 1.82) is 0 Å². The highest BCUT2D eigenvalue weighted by Gasteiger charge is 2.38. The Hall–Kier alpha value is -0.650. The molecule has 4 atom stereocenters. The molecule has 120 valence electrons. The van der Waals surface area contributed by atoms with Crippen LogP contribution in [0.4, 0.5) is 0 Å². The summed E-state index contributed by atoms with van der Waals surface area (Å²) in [5, 5.41) is 13.5. The monoisotopic (exact) mass is 295 g/mol. The largest absolute Gasteiger partial charge is 0.391 e. The van der Waals surface area contributed by atoms with E-state index in [2.05, 4.69) is 10.2 Å². The number of likely N-dealkylation sites (N-methyl/N-ethyl adjacent to an activating group) is 1. The Morgan fingerprint density at radius 2 is 1.90 bits per heavy atom. The van der Waals surface area contributed by atoms with Crippen LogP contribution >= 0.6 is 0 Å². The van der Waals surface area contributed by atoms with Crippen LogP contribution in [-0.4, -0.2) is 72.2 Å². The number of rotatable bonds is 4. The van der Waals surface area contributed by atoms with Gasteiger partial charge in [0.25, 0.3) is 0 Å². The molecule has 3 aliphatic rings. The minimum absolute atomic E-state index is 0.181. The maximum Gasteiger partial charge on any atom is 0.223 e. The molecule has 3 rings (SSSR count). The van der Waals surface area contributed by atoms with Crippen LogP contribution in [0.5, 0.6) is 0 Å². The second-order valence-electron chi connectivity index (χ2n) is 7.53. The Balaban J connectivity index is 1.56. The van der Waals surface area contributed by atoms with Gasteiger partial charge in [0.2, 0.25) is 5.91 Å². The quantitative estimate of drug-likeness (QED) is 0.790. The van der Waals surface area contributed by atoms with Gasteiger partial charge in [-0.05, 0) is 52.1 Å². The highest BCUT2D eigenvalue weighted by atomic mass is 16.3. The second-order valence-corrected chi connectivity index (χ2v) is 7.53. The van der Waals surface area contributed by atoms with Gasteiger partial charge >= 0.3 is 0 Å². The fourth-order valence-corrected chi connectivity index (χ4v) is 4.50. The number of aliphatic hydroxyl groups is 1. The van der Waals surface area contributed by atoms with Crippen molar-refractivity contribution in [1.82, 2.24) is 15.1 Å². The minimum atomic E-state index is -0.344. The van der Waals surface area contributed by atoms with Gasteiger partial charge in [-0.3, -0.25) is 4.79 Å². The van der Waals surface area contributed by atoms with Crippen molar-refractivity contribution in [2.45, 2.75) is 62.8 Å². The third-order valence-electron chi connectivity index (χ3n) is 5.32. The molecule has 2 N–H and O–H groups in total. The summed E-state index contributed by atoms with van der Waals surface area (Å²) in [4.78, 5) is 16.7. The number of nitrogens with zero attached hydrogens (tertiary/aromatic N) is 2. The number of carbonyl (C=O) groups is 1. The summed E-state index contributed by atoms with van der Waals surface area (Å²) < 4.78 is 0. The Morgan fingerprint density at radius 3 is 2.52 bits per heavy atom. The first-order chi connectivity index (χ1) is 10.0. The number of nitrogens with one attached hydrogen (secondary N) is 1. The lowest BCUT2D eigenvalue weighted by Gasteiger charge is -2.32. The zero-order chi connectivity index (χ0) is 15.0. The topological polar surface area (TPSA) is 55.8 Å². The fourth-order valence-electron chi connectivity index (χ4n) is 4.50. The van der Waals surface area contributed by atoms with Crippen LogP contribution in [0, 0.1) is 5.92 Å². The normalized spacial score (nSPS) is 39.2. The molecular weight excluding hydrogens is 266 g/mol. The standard InChI is InChI=1S/C16H29N3O2/c1-18(2)9-14-8-15(20)10-19(14)16(21)7-11-5-12-3-4-13(6-11)17-12/h11-15,17,20H,3-10H2,1-2H3. The average Bonchev–Trinajstić information content (AvgIpc) is 2.92. The van der Waals surface area contributed by atoms with Crippen LogP contribution < -0.4 is 5.32 Å². The summed E-state index contributed by atoms with van der Waals surface area (Å²) in [5.74, 6) is 0.790. The van der Waals surface area contributed by atoms with E-state index >= 15 is 0 Å². The number of likely N-dealkylation sites (tertiary alicyclic amines) is 1. The fraction of sp³-hybridized carbons (Fsp3) is 0.938. The van der Waals surface area contributed by atoms with Crippen molar-refractivity contribution in [3.05, 3.63) is 0 Å². The third-order valence-corrected chi connectivity index (χ3v) is 5.32. The number of hydrogen-bond donors (Lipinski definition) is 2. The van der Waals surface area contributed by atoms with Gasteiger partial charge in [-0.25, -0.2) is 0 Å². The predicted octanol–water partition coefficient (Wildman–Crippen LogP) is 0.431. The first-order valence-electron chi connectivity index (χ1n) is 8.39. The molecular formula is C16H29N3O2. The van der Waals surface area contributed by atoms with Gasteiger partial charge in [-0.1, -0.05) is 0 Å². The lowest BCUT2D eigenvalue weighted by Crippen LogP contribution is -2.44. The second kappa shape index (κ2) is 6.23. The summed E-state index contributed by atoms with van der Waals surface area (Å²) in [6, 6.07) is 1.47. The van der Waals surface area contributed by atoms with Gasteiger partial charge in [-0.15, -0.1) is 0 Å². The van der Waals surface area contributed by atoms with Gasteiger partial charge in [-0.2, -0.15) is 0 Å². The van der Waals surface area contributed by atoms with Gasteiger partial charge in [0.05, 0.1) is 6.10 Å². The van der Waals surface area contributed by atoms with Crippen molar-refractivity contribution in [2.24, 2.45) is 5.92 Å². The first-order valence-corrected chi connectivity index (χ1v) is 8.39. The molecule has 0 aromatic heterocycles. The highest BCUT2D eigenvalue weighted by Crippen LogP contribution is 2.33. The molecule has 0 radical (unpaired) electrons. The molecule has 3 saturated heterocycles. The summed E-state index contributed by atoms with van der Waals surface area (Å²) >= 11 is 0. The van der Waals surface area contributed by atoms with E-state index in [0.717, 1.165) is 25.8 Å². The summed E-state index contributed by atoms with van der Waals surface area (Å²) in [6.07, 6.45) is 5.91. The number of aliphatic hydroxyl groups excluding tert-OH is 1. The predicted molar refractivity (Wildman–Crippen MR) is 82.0 cm³/mol. The molecule has 4 unspecified atom stereocenters. The lowest BCUT2D eigenvalue weighted by molar-refractivity contribution is -0.133. The van der Waals surface area contributed by atoms with E-state index in [1.165, 1.54) is 12.8 Å². The van der Waals surface area contributed by atoms with E-state index in [0.29, 0.717) is 31.0 Å². The molecule has 1 amide bonds. The van der Waals surface area contributed by atoms with Gasteiger partial charge < -0.3 is 20.2 Å². The van der Waals surface area contributed by atoms with E-state index < -0.39 is 0 Å². The minimum Gasteiger partial charge on any atom is -0.391 e. The number of piperidine rings is 1. The van der Waals surface area contributed by atoms with Crippen LogP contribution in [0.1, 0.15) is 38.5 Å². The molecule has 0 aromatic carbocycles. The van der Waals surface area contributed by atoms with E-state index in [-0.39, 0.29) is 18.1 Å². The molecule has 3 fully saturated rings. The van der Waals surface area contributed by atoms with E-state index in [9.17, 15) is 9.90 Å². The number of β-amino-alcohol motifs (C(OH)–C–C–N with tert-alkyl or cyclic N) is 1. The van der Waals surface area contributed by atoms with Gasteiger partial charge in [0, 0.05) is 37.6 Å². The highest BCUT2D eigenvalue weighted by molar-refractivity contribution is 5.77. The molecule has 0 aliphatic carbocycles. The molecule has 0 spiro atoms. The Labute approximate surface area is 127 Å². The van der Waals surface area contributed by atoms with E-state index in [1.54, 1.807) is 0 Å². The van der Waals surface area contributed by atoms with Crippen LogP contribution in [0.2, 0.25) is 0 Å². The van der Waals surface area contributed by atoms with Crippen molar-refractivity contribution in [3.63, 3.8) is 0 Å². The summed E-state index contributed by atoms with van der Waals surface area (Å²) in [5.41, 5.74) is 0. The van der Waals surface area contributed by atoms with Crippen LogP contribution in [0.25, 0.3) is 0 Å². The first kappa shape index (κ1) is 15.3. The van der Waals surface area contributed by atoms with Crippen molar-refractivity contribution >= 4 is 5.91 Å². The maximum absolute atomic E-state index is 12.7. The molecule has 3 heterocycles. The Morgan fingerprint density at radius 1 is 1.24 bits per heavy atom. The van der Waals surface area contributed by atoms with E-state index in [1.807, 2.05) is 19.0 Å². The number of amides is 1. The molecule has 0 aromatic rings. The SMILES string of the molecule is CN(C)CC1CC(O)CN1C(=O)CC1CC2CCC(C1)N2. The zero-order valence-electron chi connectivity index (χ0n) is 13.3. The lowest BCUT2D eigenvalue weighted by atomic mass is 9.89. The average molecular weight is 295 g/mol. The number of carbonyl (C=O) groups excluding carboxylic acids is 1.